The highest BCUT2D eigenvalue weighted by molar-refractivity contribution is 5.96. The zero-order valence-corrected chi connectivity index (χ0v) is 23.7. The lowest BCUT2D eigenvalue weighted by atomic mass is 9.77. The van der Waals surface area contributed by atoms with Crippen molar-refractivity contribution in [1.82, 2.24) is 15.1 Å². The molecule has 0 aromatic heterocycles. The van der Waals surface area contributed by atoms with E-state index in [2.05, 4.69) is 10.2 Å². The molecule has 12 nitrogen and oxygen atoms in total. The second kappa shape index (κ2) is 14.2. The van der Waals surface area contributed by atoms with E-state index in [1.54, 1.807) is 23.1 Å². The first-order valence-electron chi connectivity index (χ1n) is 14.1. The molecule has 1 aromatic carbocycles. The lowest BCUT2D eigenvalue weighted by molar-refractivity contribution is -0.137. The number of aliphatic hydroxyl groups is 3. The fourth-order valence-electron chi connectivity index (χ4n) is 5.77. The molecular formula is C29H41N3O9. The highest BCUT2D eigenvalue weighted by atomic mass is 16.5. The van der Waals surface area contributed by atoms with Gasteiger partial charge >= 0.3 is 0 Å². The van der Waals surface area contributed by atoms with E-state index in [1.807, 2.05) is 0 Å². The Bertz CT molecular complexity index is 1130. The summed E-state index contributed by atoms with van der Waals surface area (Å²) in [6.45, 7) is 4.49. The minimum absolute atomic E-state index is 0.00531. The molecule has 0 spiro atoms. The molecule has 4 N–H and O–H groups in total. The third-order valence-electron chi connectivity index (χ3n) is 7.86. The fourth-order valence-corrected chi connectivity index (χ4v) is 5.77. The number of methoxy groups -OCH3 is 1. The summed E-state index contributed by atoms with van der Waals surface area (Å²) in [5, 5.41) is 33.6. The lowest BCUT2D eigenvalue weighted by Crippen LogP contribution is -2.57. The van der Waals surface area contributed by atoms with E-state index in [4.69, 9.17) is 14.2 Å². The number of amides is 2. The predicted molar refractivity (Wildman–Crippen MR) is 148 cm³/mol. The van der Waals surface area contributed by atoms with Gasteiger partial charge in [0.25, 0.3) is 0 Å². The summed E-state index contributed by atoms with van der Waals surface area (Å²) in [6, 6.07) is 2.49. The fraction of sp³-hybridized carbons (Fsp3) is 0.621. The Morgan fingerprint density at radius 2 is 1.93 bits per heavy atom. The zero-order valence-electron chi connectivity index (χ0n) is 23.7. The SMILES string of the molecule is COc1cc(CO)cc2c1OC1C2C(C(=O)NCCO)=CC(N(CCN2CCOCC2)C(=O)CCCC(C)=O)C1O. The Morgan fingerprint density at radius 3 is 2.59 bits per heavy atom. The van der Waals surface area contributed by atoms with Crippen molar-refractivity contribution < 1.29 is 43.9 Å². The Hall–Kier alpha value is -3.03. The lowest BCUT2D eigenvalue weighted by Gasteiger charge is -2.41. The summed E-state index contributed by atoms with van der Waals surface area (Å²) in [7, 11) is 1.47. The molecular weight excluding hydrogens is 534 g/mol. The summed E-state index contributed by atoms with van der Waals surface area (Å²) in [4.78, 5) is 42.3. The predicted octanol–water partition coefficient (Wildman–Crippen LogP) is -0.270. The van der Waals surface area contributed by atoms with Gasteiger partial charge in [-0.15, -0.1) is 0 Å². The molecule has 41 heavy (non-hydrogen) atoms. The normalized spacial score (nSPS) is 23.6. The van der Waals surface area contributed by atoms with Crippen LogP contribution in [0.4, 0.5) is 0 Å². The molecule has 2 heterocycles. The third kappa shape index (κ3) is 7.07. The van der Waals surface area contributed by atoms with Crippen LogP contribution in [0.15, 0.2) is 23.8 Å². The quantitative estimate of drug-likeness (QED) is 0.247. The monoisotopic (exact) mass is 575 g/mol. The Kier molecular flexibility index (Phi) is 10.7. The van der Waals surface area contributed by atoms with Gasteiger partial charge in [-0.2, -0.15) is 0 Å². The molecule has 3 aliphatic rings. The minimum atomic E-state index is -1.19. The maximum absolute atomic E-state index is 13.6. The molecule has 1 aromatic rings. The van der Waals surface area contributed by atoms with Crippen molar-refractivity contribution in [2.75, 3.05) is 59.7 Å². The largest absolute Gasteiger partial charge is 0.493 e. The van der Waals surface area contributed by atoms with Gasteiger partial charge in [0, 0.05) is 56.7 Å². The second-order valence-electron chi connectivity index (χ2n) is 10.6. The van der Waals surface area contributed by atoms with Crippen LogP contribution in [0.5, 0.6) is 11.5 Å². The number of nitrogens with zero attached hydrogens (tertiary/aromatic N) is 2. The second-order valence-corrected chi connectivity index (χ2v) is 10.6. The third-order valence-corrected chi connectivity index (χ3v) is 7.86. The number of nitrogens with one attached hydrogen (secondary N) is 1. The highest BCUT2D eigenvalue weighted by Gasteiger charge is 2.51. The van der Waals surface area contributed by atoms with Crippen LogP contribution in [0.1, 0.15) is 43.2 Å². The van der Waals surface area contributed by atoms with Crippen LogP contribution in [0.25, 0.3) is 0 Å². The summed E-state index contributed by atoms with van der Waals surface area (Å²) in [6.07, 6.45) is 0.301. The van der Waals surface area contributed by atoms with Gasteiger partial charge in [-0.25, -0.2) is 0 Å². The van der Waals surface area contributed by atoms with Gasteiger partial charge in [0.2, 0.25) is 11.8 Å². The van der Waals surface area contributed by atoms with Gasteiger partial charge in [-0.3, -0.25) is 14.5 Å². The van der Waals surface area contributed by atoms with Crippen LogP contribution in [-0.2, 0) is 25.7 Å². The molecule has 4 atom stereocenters. The molecule has 1 aliphatic carbocycles. The molecule has 0 bridgehead atoms. The zero-order chi connectivity index (χ0) is 29.5. The molecule has 2 aliphatic heterocycles. The number of benzene rings is 1. The first-order chi connectivity index (χ1) is 19.8. The first-order valence-corrected chi connectivity index (χ1v) is 14.1. The molecule has 0 saturated carbocycles. The summed E-state index contributed by atoms with van der Waals surface area (Å²) in [5.74, 6) is -0.646. The molecule has 1 saturated heterocycles. The number of hydrogen-bond acceptors (Lipinski definition) is 10. The van der Waals surface area contributed by atoms with Gasteiger partial charge in [0.05, 0.1) is 45.5 Å². The number of carbonyl (C=O) groups excluding carboxylic acids is 3. The summed E-state index contributed by atoms with van der Waals surface area (Å²) in [5.41, 5.74) is 1.45. The maximum Gasteiger partial charge on any atom is 0.247 e. The van der Waals surface area contributed by atoms with E-state index in [9.17, 15) is 29.7 Å². The summed E-state index contributed by atoms with van der Waals surface area (Å²) >= 11 is 0. The number of ether oxygens (including phenoxy) is 3. The highest BCUT2D eigenvalue weighted by Crippen LogP contribution is 2.51. The van der Waals surface area contributed by atoms with Crippen molar-refractivity contribution in [1.29, 1.82) is 0 Å². The van der Waals surface area contributed by atoms with E-state index in [0.29, 0.717) is 60.9 Å². The number of carbonyl (C=O) groups is 3. The minimum Gasteiger partial charge on any atom is -0.493 e. The van der Waals surface area contributed by atoms with E-state index < -0.39 is 30.1 Å². The average molecular weight is 576 g/mol. The van der Waals surface area contributed by atoms with Gasteiger partial charge in [0.15, 0.2) is 11.5 Å². The Balaban J connectivity index is 1.71. The smallest absolute Gasteiger partial charge is 0.247 e. The van der Waals surface area contributed by atoms with E-state index in [0.717, 1.165) is 13.1 Å². The number of fused-ring (bicyclic) bond motifs is 3. The van der Waals surface area contributed by atoms with Crippen LogP contribution in [0.2, 0.25) is 0 Å². The Labute approximate surface area is 239 Å². The first kappa shape index (κ1) is 30.9. The number of aliphatic hydroxyl groups excluding tert-OH is 3. The molecule has 4 unspecified atom stereocenters. The van der Waals surface area contributed by atoms with Crippen molar-refractivity contribution in [2.45, 2.75) is 57.0 Å². The number of rotatable bonds is 13. The maximum atomic E-state index is 13.6. The molecule has 1 fully saturated rings. The number of Topliss-reactive ketones (excluding diaryl/α,β-unsaturated/α-hetero) is 1. The van der Waals surface area contributed by atoms with Crippen LogP contribution in [0.3, 0.4) is 0 Å². The average Bonchev–Trinajstić information content (AvgIpc) is 3.36. The Morgan fingerprint density at radius 1 is 1.17 bits per heavy atom. The van der Waals surface area contributed by atoms with Crippen LogP contribution in [-0.4, -0.2) is 121 Å². The molecule has 12 heteroatoms. The van der Waals surface area contributed by atoms with Crippen molar-refractivity contribution in [3.8, 4) is 11.5 Å². The van der Waals surface area contributed by atoms with E-state index >= 15 is 0 Å². The van der Waals surface area contributed by atoms with E-state index in [-0.39, 0.29) is 44.3 Å². The van der Waals surface area contributed by atoms with Gasteiger partial charge in [-0.1, -0.05) is 0 Å². The number of morpholine rings is 1. The van der Waals surface area contributed by atoms with Gasteiger partial charge < -0.3 is 44.5 Å². The van der Waals surface area contributed by atoms with Gasteiger partial charge in [-0.05, 0) is 37.1 Å². The van der Waals surface area contributed by atoms with Crippen LogP contribution in [0, 0.1) is 0 Å². The molecule has 4 rings (SSSR count). The topological polar surface area (TPSA) is 158 Å². The van der Waals surface area contributed by atoms with Crippen LogP contribution >= 0.6 is 0 Å². The van der Waals surface area contributed by atoms with Crippen molar-refractivity contribution in [3.05, 3.63) is 34.9 Å². The van der Waals surface area contributed by atoms with Gasteiger partial charge in [0.1, 0.15) is 18.0 Å². The van der Waals surface area contributed by atoms with Crippen molar-refractivity contribution in [2.24, 2.45) is 0 Å². The molecule has 226 valence electrons. The number of hydrogen-bond donors (Lipinski definition) is 4. The van der Waals surface area contributed by atoms with Crippen molar-refractivity contribution in [3.63, 3.8) is 0 Å². The number of ketones is 1. The standard InChI is InChI=1S/C29H41N3O9/c1-18(35)4-3-5-24(36)32(8-7-31-9-12-40-13-10-31)22-16-21(29(38)30-6-11-33)25-20-14-19(17-34)15-23(39-2)27(20)41-28(25)26(22)37/h14-16,22,25-26,28,33-34,37H,3-13,17H2,1-2H3,(H,30,38). The van der Waals surface area contributed by atoms with Crippen LogP contribution < -0.4 is 14.8 Å². The van der Waals surface area contributed by atoms with Crippen molar-refractivity contribution >= 4 is 17.6 Å². The summed E-state index contributed by atoms with van der Waals surface area (Å²) < 4.78 is 17.2. The molecule has 0 radical (unpaired) electrons. The molecule has 2 amide bonds. The van der Waals surface area contributed by atoms with E-state index in [1.165, 1.54) is 14.0 Å².